The minimum atomic E-state index is -3.32. The summed E-state index contributed by atoms with van der Waals surface area (Å²) in [6, 6.07) is 6.89. The van der Waals surface area contributed by atoms with Gasteiger partial charge in [0.25, 0.3) is 0 Å². The monoisotopic (exact) mass is 269 g/mol. The van der Waals surface area contributed by atoms with Crippen LogP contribution >= 0.6 is 0 Å². The Hall–Kier alpha value is -1.17. The Morgan fingerprint density at radius 2 is 1.78 bits per heavy atom. The fraction of sp³-hybridized carbons (Fsp3) is 0.385. The number of hydrogen-bond donors (Lipinski definition) is 1. The lowest BCUT2D eigenvalue weighted by molar-refractivity contribution is 0.282. The number of likely N-dealkylation sites (N-methyl/N-ethyl adjacent to an activating group) is 1. The third kappa shape index (κ3) is 4.25. The number of aliphatic hydroxyl groups is 1. The van der Waals surface area contributed by atoms with Gasteiger partial charge in [-0.15, -0.1) is 0 Å². The van der Waals surface area contributed by atoms with E-state index >= 15 is 0 Å². The molecule has 0 radical (unpaired) electrons. The highest BCUT2D eigenvalue weighted by molar-refractivity contribution is 7.88. The minimum absolute atomic E-state index is 0.0391. The predicted molar refractivity (Wildman–Crippen MR) is 72.4 cm³/mol. The summed E-state index contributed by atoms with van der Waals surface area (Å²) in [4.78, 5) is 0. The molecular formula is C13H19NO3S. The molecule has 1 rings (SSSR count). The Bertz CT molecular complexity index is 506. The molecular weight excluding hydrogens is 250 g/mol. The fourth-order valence-electron chi connectivity index (χ4n) is 1.54. The summed E-state index contributed by atoms with van der Waals surface area (Å²) in [5.41, 5.74) is 2.28. The molecule has 1 N–H and O–H groups in total. The highest BCUT2D eigenvalue weighted by Gasteiger charge is 2.18. The van der Waals surface area contributed by atoms with Crippen molar-refractivity contribution in [2.75, 3.05) is 13.6 Å². The summed E-state index contributed by atoms with van der Waals surface area (Å²) in [5, 5.41) is 8.91. The van der Waals surface area contributed by atoms with E-state index in [-0.39, 0.29) is 12.4 Å². The number of sulfonamides is 1. The van der Waals surface area contributed by atoms with Crippen molar-refractivity contribution in [3.05, 3.63) is 47.5 Å². The van der Waals surface area contributed by atoms with Crippen LogP contribution in [0.1, 0.15) is 18.1 Å². The van der Waals surface area contributed by atoms with E-state index in [9.17, 15) is 8.42 Å². The summed E-state index contributed by atoms with van der Waals surface area (Å²) >= 11 is 0. The summed E-state index contributed by atoms with van der Waals surface area (Å²) in [7, 11) is -1.77. The van der Waals surface area contributed by atoms with Gasteiger partial charge in [-0.05, 0) is 18.1 Å². The van der Waals surface area contributed by atoms with E-state index in [1.807, 2.05) is 0 Å². The smallest absolute Gasteiger partial charge is 0.218 e. The van der Waals surface area contributed by atoms with Gasteiger partial charge in [0.2, 0.25) is 10.0 Å². The van der Waals surface area contributed by atoms with Gasteiger partial charge in [0.1, 0.15) is 0 Å². The zero-order chi connectivity index (χ0) is 13.8. The van der Waals surface area contributed by atoms with Crippen molar-refractivity contribution in [2.45, 2.75) is 19.3 Å². The molecule has 5 heteroatoms. The van der Waals surface area contributed by atoms with Crippen LogP contribution in [0, 0.1) is 0 Å². The van der Waals surface area contributed by atoms with Crippen molar-refractivity contribution < 1.29 is 13.5 Å². The first-order chi connectivity index (χ1) is 8.35. The molecule has 0 atom stereocenters. The third-order valence-corrected chi connectivity index (χ3v) is 4.30. The first kappa shape index (κ1) is 14.9. The van der Waals surface area contributed by atoms with Crippen LogP contribution in [0.5, 0.6) is 0 Å². The normalized spacial score (nSPS) is 11.8. The largest absolute Gasteiger partial charge is 0.392 e. The highest BCUT2D eigenvalue weighted by Crippen LogP contribution is 2.12. The van der Waals surface area contributed by atoms with Crippen molar-refractivity contribution >= 4 is 10.0 Å². The van der Waals surface area contributed by atoms with Gasteiger partial charge in [0.15, 0.2) is 0 Å². The molecule has 0 aliphatic heterocycles. The second-order valence-electron chi connectivity index (χ2n) is 4.44. The molecule has 0 amide bonds. The predicted octanol–water partition coefficient (Wildman–Crippen LogP) is 1.52. The lowest BCUT2D eigenvalue weighted by Crippen LogP contribution is -2.29. The van der Waals surface area contributed by atoms with Crippen LogP contribution in [0.4, 0.5) is 0 Å². The van der Waals surface area contributed by atoms with Gasteiger partial charge in [-0.1, -0.05) is 36.4 Å². The lowest BCUT2D eigenvalue weighted by Gasteiger charge is -2.17. The summed E-state index contributed by atoms with van der Waals surface area (Å²) in [5.74, 6) is -0.0392. The van der Waals surface area contributed by atoms with E-state index in [2.05, 4.69) is 6.58 Å². The van der Waals surface area contributed by atoms with Crippen molar-refractivity contribution in [3.63, 3.8) is 0 Å². The summed E-state index contributed by atoms with van der Waals surface area (Å²) in [6.45, 7) is 5.79. The van der Waals surface area contributed by atoms with Crippen LogP contribution in [-0.2, 0) is 22.4 Å². The van der Waals surface area contributed by atoms with Gasteiger partial charge < -0.3 is 5.11 Å². The van der Waals surface area contributed by atoms with Crippen molar-refractivity contribution in [1.82, 2.24) is 4.31 Å². The topological polar surface area (TPSA) is 57.6 Å². The highest BCUT2D eigenvalue weighted by atomic mass is 32.2. The third-order valence-electron chi connectivity index (χ3n) is 2.52. The zero-order valence-corrected chi connectivity index (χ0v) is 11.6. The summed E-state index contributed by atoms with van der Waals surface area (Å²) < 4.78 is 25.4. The molecule has 0 heterocycles. The van der Waals surface area contributed by atoms with Gasteiger partial charge in [0.05, 0.1) is 12.4 Å². The molecule has 0 aliphatic carbocycles. The van der Waals surface area contributed by atoms with E-state index in [1.165, 1.54) is 4.31 Å². The maximum Gasteiger partial charge on any atom is 0.218 e. The van der Waals surface area contributed by atoms with Gasteiger partial charge in [0, 0.05) is 13.6 Å². The molecule has 18 heavy (non-hydrogen) atoms. The maximum atomic E-state index is 12.0. The molecule has 0 bridgehead atoms. The first-order valence-corrected chi connectivity index (χ1v) is 7.23. The van der Waals surface area contributed by atoms with Crippen LogP contribution in [0.3, 0.4) is 0 Å². The van der Waals surface area contributed by atoms with Gasteiger partial charge in [-0.2, -0.15) is 0 Å². The standard InChI is InChI=1S/C13H19NO3S/c1-11(2)8-14(3)18(16,17)10-13-6-4-12(9-15)5-7-13/h4-7,15H,1,8-10H2,2-3H3. The molecule has 1 aromatic rings. The molecule has 0 aromatic heterocycles. The van der Waals surface area contributed by atoms with Crippen LogP contribution in [-0.4, -0.2) is 31.4 Å². The van der Waals surface area contributed by atoms with Crippen LogP contribution < -0.4 is 0 Å². The average Bonchev–Trinajstić information content (AvgIpc) is 2.28. The first-order valence-electron chi connectivity index (χ1n) is 5.62. The maximum absolute atomic E-state index is 12.0. The number of aliphatic hydroxyl groups excluding tert-OH is 1. The van der Waals surface area contributed by atoms with E-state index < -0.39 is 10.0 Å². The van der Waals surface area contributed by atoms with Crippen molar-refractivity contribution in [2.24, 2.45) is 0 Å². The second kappa shape index (κ2) is 6.13. The van der Waals surface area contributed by atoms with E-state index in [4.69, 9.17) is 5.11 Å². The second-order valence-corrected chi connectivity index (χ2v) is 6.52. The molecule has 0 saturated carbocycles. The Balaban J connectivity index is 2.78. The quantitative estimate of drug-likeness (QED) is 0.797. The van der Waals surface area contributed by atoms with Gasteiger partial charge in [-0.3, -0.25) is 0 Å². The number of hydrogen-bond acceptors (Lipinski definition) is 3. The molecule has 100 valence electrons. The SMILES string of the molecule is C=C(C)CN(C)S(=O)(=O)Cc1ccc(CO)cc1. The molecule has 0 spiro atoms. The lowest BCUT2D eigenvalue weighted by atomic mass is 10.2. The minimum Gasteiger partial charge on any atom is -0.392 e. The van der Waals surface area contributed by atoms with Crippen LogP contribution in [0.15, 0.2) is 36.4 Å². The number of rotatable bonds is 6. The Labute approximate surface area is 109 Å². The van der Waals surface area contributed by atoms with Gasteiger partial charge in [-0.25, -0.2) is 12.7 Å². The molecule has 0 fully saturated rings. The Morgan fingerprint density at radius 1 is 1.28 bits per heavy atom. The number of benzene rings is 1. The zero-order valence-electron chi connectivity index (χ0n) is 10.8. The molecule has 0 unspecified atom stereocenters. The van der Waals surface area contributed by atoms with Crippen LogP contribution in [0.25, 0.3) is 0 Å². The Morgan fingerprint density at radius 3 is 2.22 bits per heavy atom. The van der Waals surface area contributed by atoms with Crippen molar-refractivity contribution in [1.29, 1.82) is 0 Å². The van der Waals surface area contributed by atoms with Crippen LogP contribution in [0.2, 0.25) is 0 Å². The molecule has 1 aromatic carbocycles. The number of nitrogens with zero attached hydrogens (tertiary/aromatic N) is 1. The molecule has 0 saturated heterocycles. The summed E-state index contributed by atoms with van der Waals surface area (Å²) in [6.07, 6.45) is 0. The average molecular weight is 269 g/mol. The van der Waals surface area contributed by atoms with Gasteiger partial charge >= 0.3 is 0 Å². The van der Waals surface area contributed by atoms with E-state index in [1.54, 1.807) is 38.2 Å². The van der Waals surface area contributed by atoms with E-state index in [0.717, 1.165) is 11.1 Å². The molecule has 0 aliphatic rings. The van der Waals surface area contributed by atoms with Crippen molar-refractivity contribution in [3.8, 4) is 0 Å². The Kier molecular flexibility index (Phi) is 5.07. The molecule has 4 nitrogen and oxygen atoms in total. The fourth-order valence-corrected chi connectivity index (χ4v) is 2.79. The van der Waals surface area contributed by atoms with E-state index in [0.29, 0.717) is 12.1 Å².